The van der Waals surface area contributed by atoms with Crippen molar-refractivity contribution in [3.63, 3.8) is 0 Å². The van der Waals surface area contributed by atoms with Gasteiger partial charge in [-0.3, -0.25) is 0 Å². The van der Waals surface area contributed by atoms with E-state index in [0.717, 1.165) is 17.7 Å². The molecule has 0 radical (unpaired) electrons. The van der Waals surface area contributed by atoms with Crippen LogP contribution in [-0.2, 0) is 6.54 Å². The van der Waals surface area contributed by atoms with Crippen molar-refractivity contribution in [3.05, 3.63) is 29.8 Å². The Morgan fingerprint density at radius 2 is 2.31 bits per heavy atom. The summed E-state index contributed by atoms with van der Waals surface area (Å²) in [7, 11) is 0. The Balaban J connectivity index is 1.89. The highest BCUT2D eigenvalue weighted by Crippen LogP contribution is 2.28. The molecule has 4 N–H and O–H groups in total. The van der Waals surface area contributed by atoms with E-state index in [1.54, 1.807) is 0 Å². The molecule has 1 aromatic carbocycles. The predicted octanol–water partition coefficient (Wildman–Crippen LogP) is 1.68. The minimum absolute atomic E-state index is 0.136. The van der Waals surface area contributed by atoms with E-state index in [1.165, 1.54) is 0 Å². The molecular weight excluding hydrogens is 202 g/mol. The number of rotatable bonds is 3. The number of hydrogen-bond donors (Lipinski definition) is 3. The van der Waals surface area contributed by atoms with E-state index >= 15 is 0 Å². The van der Waals surface area contributed by atoms with E-state index in [9.17, 15) is 4.79 Å². The van der Waals surface area contributed by atoms with Crippen LogP contribution in [0, 0.1) is 5.92 Å². The van der Waals surface area contributed by atoms with E-state index in [2.05, 4.69) is 17.6 Å². The summed E-state index contributed by atoms with van der Waals surface area (Å²) >= 11 is 0. The Labute approximate surface area is 95.2 Å². The van der Waals surface area contributed by atoms with Gasteiger partial charge < -0.3 is 16.4 Å². The standard InChI is InChI=1S/C12H17N3O/c1-8-5-11(8)15-12(16)14-10-4-2-3-9(6-10)7-13/h2-4,6,8,11H,5,7,13H2,1H3,(H2,14,15,16). The molecule has 86 valence electrons. The van der Waals surface area contributed by atoms with Crippen LogP contribution in [0.1, 0.15) is 18.9 Å². The van der Waals surface area contributed by atoms with Crippen molar-refractivity contribution in [2.24, 2.45) is 11.7 Å². The molecule has 2 unspecified atom stereocenters. The minimum atomic E-state index is -0.136. The van der Waals surface area contributed by atoms with Crippen LogP contribution < -0.4 is 16.4 Å². The number of nitrogens with one attached hydrogen (secondary N) is 2. The summed E-state index contributed by atoms with van der Waals surface area (Å²) < 4.78 is 0. The Morgan fingerprint density at radius 3 is 2.94 bits per heavy atom. The molecule has 0 aliphatic heterocycles. The van der Waals surface area contributed by atoms with Gasteiger partial charge in [-0.2, -0.15) is 0 Å². The number of benzene rings is 1. The molecule has 0 spiro atoms. The first-order chi connectivity index (χ1) is 7.69. The summed E-state index contributed by atoms with van der Waals surface area (Å²) in [5, 5.41) is 5.71. The van der Waals surface area contributed by atoms with Gasteiger partial charge in [-0.25, -0.2) is 4.79 Å². The van der Waals surface area contributed by atoms with Gasteiger partial charge in [0, 0.05) is 18.3 Å². The van der Waals surface area contributed by atoms with Crippen LogP contribution in [0.2, 0.25) is 0 Å². The maximum atomic E-state index is 11.6. The first kappa shape index (κ1) is 11.0. The smallest absolute Gasteiger partial charge is 0.319 e. The maximum absolute atomic E-state index is 11.6. The molecule has 0 heterocycles. The van der Waals surface area contributed by atoms with Gasteiger partial charge in [-0.05, 0) is 30.0 Å². The number of urea groups is 1. The third kappa shape index (κ3) is 2.73. The third-order valence-corrected chi connectivity index (χ3v) is 2.85. The second kappa shape index (κ2) is 4.53. The van der Waals surface area contributed by atoms with Crippen LogP contribution in [0.25, 0.3) is 0 Å². The number of amides is 2. The molecule has 16 heavy (non-hydrogen) atoms. The largest absolute Gasteiger partial charge is 0.335 e. The van der Waals surface area contributed by atoms with Crippen LogP contribution in [0.15, 0.2) is 24.3 Å². The lowest BCUT2D eigenvalue weighted by molar-refractivity contribution is 0.251. The zero-order chi connectivity index (χ0) is 11.5. The number of carbonyl (C=O) groups excluding carboxylic acids is 1. The summed E-state index contributed by atoms with van der Waals surface area (Å²) in [4.78, 5) is 11.6. The zero-order valence-corrected chi connectivity index (χ0v) is 9.36. The van der Waals surface area contributed by atoms with Crippen molar-refractivity contribution in [2.75, 3.05) is 5.32 Å². The summed E-state index contributed by atoms with van der Waals surface area (Å²) in [6.45, 7) is 2.61. The van der Waals surface area contributed by atoms with Gasteiger partial charge in [-0.1, -0.05) is 19.1 Å². The zero-order valence-electron chi connectivity index (χ0n) is 9.36. The highest BCUT2D eigenvalue weighted by Gasteiger charge is 2.33. The molecule has 1 aromatic rings. The van der Waals surface area contributed by atoms with Gasteiger partial charge in [0.25, 0.3) is 0 Å². The molecule has 0 bridgehead atoms. The minimum Gasteiger partial charge on any atom is -0.335 e. The quantitative estimate of drug-likeness (QED) is 0.724. The first-order valence-corrected chi connectivity index (χ1v) is 5.55. The molecule has 0 aromatic heterocycles. The van der Waals surface area contributed by atoms with Crippen molar-refractivity contribution in [1.82, 2.24) is 5.32 Å². The maximum Gasteiger partial charge on any atom is 0.319 e. The monoisotopic (exact) mass is 219 g/mol. The van der Waals surface area contributed by atoms with Gasteiger partial charge in [0.2, 0.25) is 0 Å². The van der Waals surface area contributed by atoms with E-state index in [1.807, 2.05) is 24.3 Å². The molecule has 2 amide bonds. The van der Waals surface area contributed by atoms with Crippen molar-refractivity contribution in [3.8, 4) is 0 Å². The number of nitrogens with two attached hydrogens (primary N) is 1. The summed E-state index contributed by atoms with van der Waals surface area (Å²) in [5.41, 5.74) is 7.33. The lowest BCUT2D eigenvalue weighted by Crippen LogP contribution is -2.31. The highest BCUT2D eigenvalue weighted by molar-refractivity contribution is 5.89. The molecule has 0 saturated heterocycles. The molecule has 1 aliphatic rings. The highest BCUT2D eigenvalue weighted by atomic mass is 16.2. The van der Waals surface area contributed by atoms with Crippen LogP contribution in [0.3, 0.4) is 0 Å². The topological polar surface area (TPSA) is 67.2 Å². The molecule has 1 aliphatic carbocycles. The van der Waals surface area contributed by atoms with E-state index in [-0.39, 0.29) is 6.03 Å². The molecule has 2 rings (SSSR count). The predicted molar refractivity (Wildman–Crippen MR) is 64.1 cm³/mol. The second-order valence-electron chi connectivity index (χ2n) is 4.32. The Hall–Kier alpha value is -1.55. The fraction of sp³-hybridized carbons (Fsp3) is 0.417. The fourth-order valence-corrected chi connectivity index (χ4v) is 1.63. The lowest BCUT2D eigenvalue weighted by Gasteiger charge is -2.07. The van der Waals surface area contributed by atoms with Crippen molar-refractivity contribution in [1.29, 1.82) is 0 Å². The normalized spacial score (nSPS) is 22.6. The summed E-state index contributed by atoms with van der Waals surface area (Å²) in [6.07, 6.45) is 1.08. The summed E-state index contributed by atoms with van der Waals surface area (Å²) in [5.74, 6) is 0.612. The molecule has 1 saturated carbocycles. The van der Waals surface area contributed by atoms with Gasteiger partial charge in [0.1, 0.15) is 0 Å². The summed E-state index contributed by atoms with van der Waals surface area (Å²) in [6, 6.07) is 7.77. The molecule has 1 fully saturated rings. The molecule has 4 heteroatoms. The average Bonchev–Trinajstić information content (AvgIpc) is 2.94. The average molecular weight is 219 g/mol. The Bertz CT molecular complexity index is 392. The van der Waals surface area contributed by atoms with Crippen LogP contribution >= 0.6 is 0 Å². The van der Waals surface area contributed by atoms with Crippen molar-refractivity contribution < 1.29 is 4.79 Å². The third-order valence-electron chi connectivity index (χ3n) is 2.85. The van der Waals surface area contributed by atoms with Gasteiger partial charge in [0.15, 0.2) is 0 Å². The van der Waals surface area contributed by atoms with Gasteiger partial charge >= 0.3 is 6.03 Å². The van der Waals surface area contributed by atoms with E-state index < -0.39 is 0 Å². The van der Waals surface area contributed by atoms with Crippen LogP contribution in [0.4, 0.5) is 10.5 Å². The molecular formula is C12H17N3O. The number of hydrogen-bond acceptors (Lipinski definition) is 2. The Kier molecular flexibility index (Phi) is 3.10. The van der Waals surface area contributed by atoms with Gasteiger partial charge in [0.05, 0.1) is 0 Å². The van der Waals surface area contributed by atoms with Gasteiger partial charge in [-0.15, -0.1) is 0 Å². The van der Waals surface area contributed by atoms with E-state index in [0.29, 0.717) is 18.5 Å². The van der Waals surface area contributed by atoms with Crippen molar-refractivity contribution >= 4 is 11.7 Å². The SMILES string of the molecule is CC1CC1NC(=O)Nc1cccc(CN)c1. The Morgan fingerprint density at radius 1 is 1.56 bits per heavy atom. The van der Waals surface area contributed by atoms with Crippen LogP contribution in [-0.4, -0.2) is 12.1 Å². The second-order valence-corrected chi connectivity index (χ2v) is 4.32. The molecule has 2 atom stereocenters. The molecule has 4 nitrogen and oxygen atoms in total. The lowest BCUT2D eigenvalue weighted by atomic mass is 10.2. The number of anilines is 1. The van der Waals surface area contributed by atoms with E-state index in [4.69, 9.17) is 5.73 Å². The van der Waals surface area contributed by atoms with Crippen LogP contribution in [0.5, 0.6) is 0 Å². The number of carbonyl (C=O) groups is 1. The van der Waals surface area contributed by atoms with Crippen molar-refractivity contribution in [2.45, 2.75) is 25.9 Å². The fourth-order valence-electron chi connectivity index (χ4n) is 1.63. The first-order valence-electron chi connectivity index (χ1n) is 5.55.